The molecule has 0 unspecified atom stereocenters. The van der Waals surface area contributed by atoms with E-state index in [9.17, 15) is 9.90 Å². The zero-order valence-electron chi connectivity index (χ0n) is 16.8. The van der Waals surface area contributed by atoms with Crippen molar-refractivity contribution in [3.8, 4) is 23.0 Å². The van der Waals surface area contributed by atoms with E-state index in [0.717, 1.165) is 5.52 Å². The molecular formula is C20H18IN7O4. The molecule has 0 bridgehead atoms. The first kappa shape index (κ1) is 21.5. The highest BCUT2D eigenvalue weighted by molar-refractivity contribution is 14.1. The van der Waals surface area contributed by atoms with Crippen LogP contribution in [0.4, 0.5) is 5.82 Å². The number of phenols is 1. The van der Waals surface area contributed by atoms with Gasteiger partial charge in [0.2, 0.25) is 0 Å². The lowest BCUT2D eigenvalue weighted by molar-refractivity contribution is -0.121. The molecule has 1 amide bonds. The quantitative estimate of drug-likeness (QED) is 0.181. The van der Waals surface area contributed by atoms with Crippen LogP contribution < -0.4 is 15.9 Å². The Bertz CT molecular complexity index is 1310. The molecule has 0 aliphatic carbocycles. The zero-order chi connectivity index (χ0) is 22.7. The van der Waals surface area contributed by atoms with Gasteiger partial charge in [-0.1, -0.05) is 12.1 Å². The number of phenolic OH excluding ortho intramolecular Hbond substituents is 1. The van der Waals surface area contributed by atoms with Crippen LogP contribution in [0.15, 0.2) is 46.1 Å². The predicted octanol–water partition coefficient (Wildman–Crippen LogP) is 2.53. The number of aromatic nitrogens is 4. The average Bonchev–Trinajstić information content (AvgIpc) is 3.35. The molecule has 11 nitrogen and oxygen atoms in total. The number of amides is 1. The van der Waals surface area contributed by atoms with E-state index in [-0.39, 0.29) is 29.7 Å². The fraction of sp³-hybridized carbons (Fsp3) is 0.150. The van der Waals surface area contributed by atoms with Crippen LogP contribution in [0.2, 0.25) is 0 Å². The number of hydrogen-bond donors (Lipinski definition) is 3. The summed E-state index contributed by atoms with van der Waals surface area (Å²) in [7, 11) is 0. The maximum atomic E-state index is 12.6. The fourth-order valence-electron chi connectivity index (χ4n) is 3.06. The van der Waals surface area contributed by atoms with Crippen LogP contribution in [-0.2, 0) is 11.3 Å². The summed E-state index contributed by atoms with van der Waals surface area (Å²) < 4.78 is 12.4. The average molecular weight is 547 g/mol. The summed E-state index contributed by atoms with van der Waals surface area (Å²) in [6.45, 7) is 2.15. The highest BCUT2D eigenvalue weighted by Gasteiger charge is 2.20. The number of aromatic hydroxyl groups is 1. The minimum absolute atomic E-state index is 0.0646. The van der Waals surface area contributed by atoms with E-state index in [1.165, 1.54) is 6.21 Å². The van der Waals surface area contributed by atoms with E-state index in [1.54, 1.807) is 16.7 Å². The third-order valence-corrected chi connectivity index (χ3v) is 5.26. The van der Waals surface area contributed by atoms with Crippen molar-refractivity contribution in [2.45, 2.75) is 13.5 Å². The number of carbonyl (C=O) groups excluding carboxylic acids is 1. The summed E-state index contributed by atoms with van der Waals surface area (Å²) >= 11 is 2.00. The first-order valence-corrected chi connectivity index (χ1v) is 10.6. The van der Waals surface area contributed by atoms with E-state index >= 15 is 0 Å². The molecule has 4 N–H and O–H groups in total. The van der Waals surface area contributed by atoms with Crippen molar-refractivity contribution in [3.05, 3.63) is 45.5 Å². The van der Waals surface area contributed by atoms with Crippen LogP contribution in [0.25, 0.3) is 22.6 Å². The van der Waals surface area contributed by atoms with Crippen molar-refractivity contribution in [3.63, 3.8) is 0 Å². The number of rotatable bonds is 7. The van der Waals surface area contributed by atoms with Gasteiger partial charge in [0.25, 0.3) is 5.91 Å². The lowest BCUT2D eigenvalue weighted by atomic mass is 10.2. The Morgan fingerprint density at radius 1 is 1.38 bits per heavy atom. The number of nitrogens with one attached hydrogen (secondary N) is 1. The van der Waals surface area contributed by atoms with Crippen LogP contribution in [-0.4, -0.2) is 43.7 Å². The molecule has 2 heterocycles. The number of benzene rings is 2. The molecule has 0 aliphatic heterocycles. The van der Waals surface area contributed by atoms with Gasteiger partial charge in [0.05, 0.1) is 27.4 Å². The molecule has 0 saturated heterocycles. The van der Waals surface area contributed by atoms with Gasteiger partial charge in [-0.2, -0.15) is 5.10 Å². The normalized spacial score (nSPS) is 11.3. The SMILES string of the molecule is CCOc1cc(C=NNC(=O)Cn2c(-c3nonc3N)nc3ccccc32)cc(I)c1O. The minimum Gasteiger partial charge on any atom is -0.504 e. The van der Waals surface area contributed by atoms with E-state index in [2.05, 4.69) is 30.5 Å². The number of anilines is 1. The number of halogens is 1. The Morgan fingerprint density at radius 2 is 2.19 bits per heavy atom. The number of para-hydroxylation sites is 2. The second-order valence-corrected chi connectivity index (χ2v) is 7.75. The molecular weight excluding hydrogens is 529 g/mol. The molecule has 0 fully saturated rings. The van der Waals surface area contributed by atoms with Crippen LogP contribution in [0.3, 0.4) is 0 Å². The van der Waals surface area contributed by atoms with Gasteiger partial charge in [-0.3, -0.25) is 4.79 Å². The molecule has 2 aromatic carbocycles. The topological polar surface area (TPSA) is 154 Å². The molecule has 0 aliphatic rings. The third-order valence-electron chi connectivity index (χ3n) is 4.44. The van der Waals surface area contributed by atoms with Crippen molar-refractivity contribution in [2.24, 2.45) is 5.10 Å². The van der Waals surface area contributed by atoms with Gasteiger partial charge in [0, 0.05) is 0 Å². The number of imidazole rings is 1. The van der Waals surface area contributed by atoms with Gasteiger partial charge in [-0.05, 0) is 69.7 Å². The Kier molecular flexibility index (Phi) is 6.20. The van der Waals surface area contributed by atoms with Gasteiger partial charge in [-0.15, -0.1) is 0 Å². The molecule has 0 saturated carbocycles. The smallest absolute Gasteiger partial charge is 0.260 e. The Balaban J connectivity index is 1.55. The fourth-order valence-corrected chi connectivity index (χ4v) is 3.68. The van der Waals surface area contributed by atoms with E-state index in [0.29, 0.717) is 32.8 Å². The van der Waals surface area contributed by atoms with Gasteiger partial charge >= 0.3 is 0 Å². The number of fused-ring (bicyclic) bond motifs is 1. The van der Waals surface area contributed by atoms with Crippen LogP contribution >= 0.6 is 22.6 Å². The summed E-state index contributed by atoms with van der Waals surface area (Å²) in [6.07, 6.45) is 1.47. The van der Waals surface area contributed by atoms with Gasteiger partial charge in [0.1, 0.15) is 6.54 Å². The number of nitrogen functional groups attached to an aromatic ring is 1. The van der Waals surface area contributed by atoms with Crippen LogP contribution in [0.1, 0.15) is 12.5 Å². The van der Waals surface area contributed by atoms with Crippen molar-refractivity contribution < 1.29 is 19.3 Å². The third kappa shape index (κ3) is 4.34. The number of ether oxygens (including phenoxy) is 1. The largest absolute Gasteiger partial charge is 0.504 e. The summed E-state index contributed by atoms with van der Waals surface area (Å²) in [6, 6.07) is 10.7. The molecule has 0 atom stereocenters. The Morgan fingerprint density at radius 3 is 2.94 bits per heavy atom. The zero-order valence-corrected chi connectivity index (χ0v) is 19.0. The minimum atomic E-state index is -0.390. The molecule has 4 aromatic rings. The predicted molar refractivity (Wildman–Crippen MR) is 125 cm³/mol. The van der Waals surface area contributed by atoms with Crippen molar-refractivity contribution >= 4 is 51.6 Å². The lowest BCUT2D eigenvalue weighted by Gasteiger charge is -2.08. The number of nitrogens with two attached hydrogens (primary N) is 1. The summed E-state index contributed by atoms with van der Waals surface area (Å²) in [5, 5.41) is 21.4. The van der Waals surface area contributed by atoms with E-state index < -0.39 is 0 Å². The molecule has 164 valence electrons. The molecule has 0 radical (unpaired) electrons. The van der Waals surface area contributed by atoms with Crippen molar-refractivity contribution in [2.75, 3.05) is 12.3 Å². The maximum Gasteiger partial charge on any atom is 0.260 e. The summed E-state index contributed by atoms with van der Waals surface area (Å²) in [5.41, 5.74) is 10.6. The second-order valence-electron chi connectivity index (χ2n) is 6.58. The monoisotopic (exact) mass is 547 g/mol. The molecule has 2 aromatic heterocycles. The highest BCUT2D eigenvalue weighted by Crippen LogP contribution is 2.32. The molecule has 0 spiro atoms. The lowest BCUT2D eigenvalue weighted by Crippen LogP contribution is -2.23. The van der Waals surface area contributed by atoms with Gasteiger partial charge < -0.3 is 20.1 Å². The standard InChI is InChI=1S/C20H18IN7O4/c1-2-31-15-8-11(7-12(21)18(15)30)9-23-25-16(29)10-28-14-6-4-3-5-13(14)24-20(28)17-19(22)27-32-26-17/h3-9,30H,2,10H2,1H3,(H2,22,27)(H,25,29). The number of carbonyl (C=O) groups is 1. The first-order chi connectivity index (χ1) is 15.5. The number of hydrazone groups is 1. The summed E-state index contributed by atoms with van der Waals surface area (Å²) in [4.78, 5) is 17.1. The maximum absolute atomic E-state index is 12.6. The van der Waals surface area contributed by atoms with Crippen molar-refractivity contribution in [1.82, 2.24) is 25.3 Å². The molecule has 4 rings (SSSR count). The van der Waals surface area contributed by atoms with Crippen LogP contribution in [0.5, 0.6) is 11.5 Å². The van der Waals surface area contributed by atoms with Gasteiger partial charge in [-0.25, -0.2) is 15.0 Å². The first-order valence-electron chi connectivity index (χ1n) is 9.48. The van der Waals surface area contributed by atoms with E-state index in [4.69, 9.17) is 10.5 Å². The Labute approximate surface area is 195 Å². The second kappa shape index (κ2) is 9.21. The molecule has 32 heavy (non-hydrogen) atoms. The van der Waals surface area contributed by atoms with Crippen molar-refractivity contribution in [1.29, 1.82) is 0 Å². The highest BCUT2D eigenvalue weighted by atomic mass is 127. The number of hydrogen-bond acceptors (Lipinski definition) is 9. The molecule has 12 heteroatoms. The number of nitrogens with zero attached hydrogens (tertiary/aromatic N) is 5. The summed E-state index contributed by atoms with van der Waals surface area (Å²) in [5.74, 6) is 0.458. The van der Waals surface area contributed by atoms with E-state index in [1.807, 2.05) is 53.8 Å². The van der Waals surface area contributed by atoms with Crippen LogP contribution in [0, 0.1) is 3.57 Å². The Hall–Kier alpha value is -3.68. The van der Waals surface area contributed by atoms with Gasteiger partial charge in [0.15, 0.2) is 28.8 Å².